The van der Waals surface area contributed by atoms with Gasteiger partial charge in [-0.15, -0.1) is 0 Å². The molecule has 1 atom stereocenters. The number of carbonyl (C=O) groups is 1. The number of β-amino-alcohol motifs (C(OH)–C–C–N with tert-alkyl or cyclic N) is 1. The lowest BCUT2D eigenvalue weighted by Gasteiger charge is -2.11. The molecule has 4 rings (SSSR count). The molecule has 8 heteroatoms. The molecule has 8 nitrogen and oxygen atoms in total. The summed E-state index contributed by atoms with van der Waals surface area (Å²) >= 11 is 0. The summed E-state index contributed by atoms with van der Waals surface area (Å²) in [6.45, 7) is 3.53. The minimum Gasteiger partial charge on any atom is -0.447 e. The average Bonchev–Trinajstić information content (AvgIpc) is 3.34. The monoisotopic (exact) mass is 359 g/mol. The Balaban J connectivity index is 1.25. The average molecular weight is 359 g/mol. The fourth-order valence-corrected chi connectivity index (χ4v) is 3.62. The maximum Gasteiger partial charge on any atom is 0.273 e. The second kappa shape index (κ2) is 7.59. The Morgan fingerprint density at radius 1 is 1.35 bits per heavy atom. The fourth-order valence-electron chi connectivity index (χ4n) is 3.62. The molecule has 2 aromatic heterocycles. The molecule has 2 aliphatic rings. The van der Waals surface area contributed by atoms with Crippen molar-refractivity contribution >= 4 is 5.91 Å². The number of aliphatic hydroxyl groups excluding tert-OH is 1. The molecule has 1 fully saturated rings. The Morgan fingerprint density at radius 2 is 2.27 bits per heavy atom. The largest absolute Gasteiger partial charge is 0.447 e. The number of carbonyl (C=O) groups excluding carboxylic acids is 1. The SMILES string of the molecule is O=C(NCCc1cn2c(n1)CCCC2)c1coc(CN2CC[C@H](O)C2)n1. The Hall–Kier alpha value is -2.19. The van der Waals surface area contributed by atoms with Crippen LogP contribution >= 0.6 is 0 Å². The van der Waals surface area contributed by atoms with Crippen LogP contribution in [0.3, 0.4) is 0 Å². The highest BCUT2D eigenvalue weighted by atomic mass is 16.3. The molecule has 2 aliphatic heterocycles. The summed E-state index contributed by atoms with van der Waals surface area (Å²) in [4.78, 5) is 23.2. The van der Waals surface area contributed by atoms with Crippen LogP contribution in [0, 0.1) is 0 Å². The van der Waals surface area contributed by atoms with Crippen molar-refractivity contribution in [1.29, 1.82) is 0 Å². The van der Waals surface area contributed by atoms with Crippen molar-refractivity contribution in [3.8, 4) is 0 Å². The van der Waals surface area contributed by atoms with Crippen molar-refractivity contribution in [2.75, 3.05) is 19.6 Å². The van der Waals surface area contributed by atoms with E-state index in [1.54, 1.807) is 0 Å². The molecule has 0 saturated carbocycles. The van der Waals surface area contributed by atoms with E-state index in [1.807, 2.05) is 0 Å². The lowest BCUT2D eigenvalue weighted by Crippen LogP contribution is -2.26. The Bertz CT molecular complexity index is 745. The maximum atomic E-state index is 12.2. The van der Waals surface area contributed by atoms with E-state index in [1.165, 1.54) is 19.1 Å². The van der Waals surface area contributed by atoms with Gasteiger partial charge in [0.2, 0.25) is 5.89 Å². The van der Waals surface area contributed by atoms with Crippen LogP contribution in [0.25, 0.3) is 0 Å². The van der Waals surface area contributed by atoms with E-state index in [9.17, 15) is 9.90 Å². The van der Waals surface area contributed by atoms with E-state index >= 15 is 0 Å². The number of fused-ring (bicyclic) bond motifs is 1. The predicted octanol–water partition coefficient (Wildman–Crippen LogP) is 0.746. The number of aryl methyl sites for hydroxylation is 2. The fraction of sp³-hybridized carbons (Fsp3) is 0.611. The van der Waals surface area contributed by atoms with Gasteiger partial charge in [0.05, 0.1) is 18.3 Å². The minimum atomic E-state index is -0.277. The highest BCUT2D eigenvalue weighted by Crippen LogP contribution is 2.15. The number of nitrogens with zero attached hydrogens (tertiary/aromatic N) is 4. The molecule has 1 amide bonds. The maximum absolute atomic E-state index is 12.2. The van der Waals surface area contributed by atoms with Crippen molar-refractivity contribution in [3.63, 3.8) is 0 Å². The van der Waals surface area contributed by atoms with E-state index in [4.69, 9.17) is 4.42 Å². The lowest BCUT2D eigenvalue weighted by molar-refractivity contribution is 0.0949. The van der Waals surface area contributed by atoms with Gasteiger partial charge < -0.3 is 19.4 Å². The summed E-state index contributed by atoms with van der Waals surface area (Å²) in [5.74, 6) is 1.43. The molecule has 0 aromatic carbocycles. The first-order valence-electron chi connectivity index (χ1n) is 9.35. The van der Waals surface area contributed by atoms with Gasteiger partial charge in [0.25, 0.3) is 5.91 Å². The number of nitrogens with one attached hydrogen (secondary N) is 1. The first-order chi connectivity index (χ1) is 12.7. The van der Waals surface area contributed by atoms with Gasteiger partial charge in [0, 0.05) is 45.2 Å². The Kier molecular flexibility index (Phi) is 5.03. The van der Waals surface area contributed by atoms with E-state index < -0.39 is 0 Å². The first-order valence-corrected chi connectivity index (χ1v) is 9.35. The van der Waals surface area contributed by atoms with Crippen LogP contribution in [0.2, 0.25) is 0 Å². The van der Waals surface area contributed by atoms with Gasteiger partial charge >= 0.3 is 0 Å². The number of imidazole rings is 1. The summed E-state index contributed by atoms with van der Waals surface area (Å²) in [5, 5.41) is 12.4. The van der Waals surface area contributed by atoms with Crippen LogP contribution in [-0.4, -0.2) is 56.2 Å². The summed E-state index contributed by atoms with van der Waals surface area (Å²) in [7, 11) is 0. The third-order valence-electron chi connectivity index (χ3n) is 5.02. The molecule has 4 heterocycles. The number of likely N-dealkylation sites (tertiary alicyclic amines) is 1. The molecule has 0 unspecified atom stereocenters. The topological polar surface area (TPSA) is 96.4 Å². The van der Waals surface area contributed by atoms with E-state index in [0.717, 1.165) is 37.4 Å². The highest BCUT2D eigenvalue weighted by Gasteiger charge is 2.22. The quantitative estimate of drug-likeness (QED) is 0.790. The van der Waals surface area contributed by atoms with E-state index in [-0.39, 0.29) is 12.0 Å². The number of oxazole rings is 1. The van der Waals surface area contributed by atoms with Gasteiger partial charge in [0.15, 0.2) is 5.69 Å². The molecule has 2 N–H and O–H groups in total. The third kappa shape index (κ3) is 3.96. The molecule has 0 aliphatic carbocycles. The number of amides is 1. The van der Waals surface area contributed by atoms with Gasteiger partial charge in [-0.1, -0.05) is 0 Å². The van der Waals surface area contributed by atoms with Crippen molar-refractivity contribution < 1.29 is 14.3 Å². The summed E-state index contributed by atoms with van der Waals surface area (Å²) in [6, 6.07) is 0. The van der Waals surface area contributed by atoms with Gasteiger partial charge in [0.1, 0.15) is 12.1 Å². The zero-order chi connectivity index (χ0) is 17.9. The van der Waals surface area contributed by atoms with Crippen LogP contribution in [-0.2, 0) is 25.9 Å². The van der Waals surface area contributed by atoms with Crippen molar-refractivity contribution in [2.45, 2.75) is 51.3 Å². The molecule has 26 heavy (non-hydrogen) atoms. The van der Waals surface area contributed by atoms with Gasteiger partial charge in [-0.2, -0.15) is 0 Å². The molecule has 1 saturated heterocycles. The summed E-state index contributed by atoms with van der Waals surface area (Å²) < 4.78 is 7.61. The first kappa shape index (κ1) is 17.2. The second-order valence-electron chi connectivity index (χ2n) is 7.11. The Morgan fingerprint density at radius 3 is 3.08 bits per heavy atom. The minimum absolute atomic E-state index is 0.231. The third-order valence-corrected chi connectivity index (χ3v) is 5.02. The summed E-state index contributed by atoms with van der Waals surface area (Å²) in [6.07, 6.45) is 8.16. The standard InChI is InChI=1S/C18H25N5O3/c24-14-5-8-22(10-14)11-17-21-15(12-26-17)18(25)19-6-4-13-9-23-7-2-1-3-16(23)20-13/h9,12,14,24H,1-8,10-11H2,(H,19,25)/t14-/m0/s1. The Labute approximate surface area is 152 Å². The highest BCUT2D eigenvalue weighted by molar-refractivity contribution is 5.91. The van der Waals surface area contributed by atoms with Crippen LogP contribution in [0.15, 0.2) is 16.9 Å². The molecule has 2 aromatic rings. The van der Waals surface area contributed by atoms with Crippen LogP contribution in [0.1, 0.15) is 47.2 Å². The zero-order valence-electron chi connectivity index (χ0n) is 14.9. The molecule has 0 bridgehead atoms. The lowest BCUT2D eigenvalue weighted by atomic mass is 10.2. The van der Waals surface area contributed by atoms with Crippen molar-refractivity contribution in [1.82, 2.24) is 24.8 Å². The number of aromatic nitrogens is 3. The van der Waals surface area contributed by atoms with E-state index in [2.05, 4.69) is 30.9 Å². The number of rotatable bonds is 6. The van der Waals surface area contributed by atoms with Gasteiger partial charge in [-0.05, 0) is 19.3 Å². The van der Waals surface area contributed by atoms with Crippen LogP contribution < -0.4 is 5.32 Å². The van der Waals surface area contributed by atoms with E-state index in [0.29, 0.717) is 37.6 Å². The molecule has 0 spiro atoms. The molecular weight excluding hydrogens is 334 g/mol. The zero-order valence-corrected chi connectivity index (χ0v) is 14.9. The number of aliphatic hydroxyl groups is 1. The molecular formula is C18H25N5O3. The van der Waals surface area contributed by atoms with Gasteiger partial charge in [-0.3, -0.25) is 9.69 Å². The van der Waals surface area contributed by atoms with Crippen molar-refractivity contribution in [2.24, 2.45) is 0 Å². The predicted molar refractivity (Wildman–Crippen MR) is 93.6 cm³/mol. The smallest absolute Gasteiger partial charge is 0.273 e. The van der Waals surface area contributed by atoms with Gasteiger partial charge in [-0.25, -0.2) is 9.97 Å². The van der Waals surface area contributed by atoms with Crippen LogP contribution in [0.5, 0.6) is 0 Å². The molecule has 140 valence electrons. The molecule has 0 radical (unpaired) electrons. The summed E-state index contributed by atoms with van der Waals surface area (Å²) in [5.41, 5.74) is 1.32. The number of hydrogen-bond donors (Lipinski definition) is 2. The second-order valence-corrected chi connectivity index (χ2v) is 7.11. The number of hydrogen-bond acceptors (Lipinski definition) is 6. The van der Waals surface area contributed by atoms with Crippen molar-refractivity contribution in [3.05, 3.63) is 35.6 Å². The van der Waals surface area contributed by atoms with Crippen LogP contribution in [0.4, 0.5) is 0 Å². The normalized spacial score (nSPS) is 20.3.